The van der Waals surface area contributed by atoms with Gasteiger partial charge in [0.2, 0.25) is 0 Å². The minimum atomic E-state index is -1.02. The monoisotopic (exact) mass is 365 g/mol. The van der Waals surface area contributed by atoms with E-state index >= 15 is 0 Å². The van der Waals surface area contributed by atoms with Crippen molar-refractivity contribution in [3.05, 3.63) is 83.7 Å². The number of amides is 1. The van der Waals surface area contributed by atoms with Crippen LogP contribution in [0.15, 0.2) is 60.8 Å². The van der Waals surface area contributed by atoms with Crippen LogP contribution in [-0.4, -0.2) is 16.9 Å². The number of nitrogens with zero attached hydrogens (tertiary/aromatic N) is 2. The van der Waals surface area contributed by atoms with Gasteiger partial charge in [-0.1, -0.05) is 18.2 Å². The van der Waals surface area contributed by atoms with Crippen LogP contribution in [0.5, 0.6) is 0 Å². The lowest BCUT2D eigenvalue weighted by atomic mass is 10.1. The molecule has 1 aliphatic heterocycles. The highest BCUT2D eigenvalue weighted by molar-refractivity contribution is 6.03. The fourth-order valence-electron chi connectivity index (χ4n) is 3.39. The summed E-state index contributed by atoms with van der Waals surface area (Å²) in [5, 5.41) is 2.52. The van der Waals surface area contributed by atoms with Gasteiger partial charge in [-0.15, -0.1) is 0 Å². The van der Waals surface area contributed by atoms with Gasteiger partial charge in [0.25, 0.3) is 5.91 Å². The standard InChI is InChI=1S/C21H17F2N3O/c1-13-10-14-4-2-3-5-20(14)26(13)16-7-9-19(24-12-16)21(27)25-15-6-8-17(22)18(23)11-15/h2-9,11-13H,10H2,1H3,(H,25,27). The zero-order chi connectivity index (χ0) is 19.0. The minimum Gasteiger partial charge on any atom is -0.337 e. The Morgan fingerprint density at radius 2 is 1.93 bits per heavy atom. The summed E-state index contributed by atoms with van der Waals surface area (Å²) in [6.07, 6.45) is 2.60. The van der Waals surface area contributed by atoms with E-state index in [0.717, 1.165) is 29.9 Å². The number of rotatable bonds is 3. The molecule has 6 heteroatoms. The lowest BCUT2D eigenvalue weighted by molar-refractivity contribution is 0.102. The highest BCUT2D eigenvalue weighted by Gasteiger charge is 2.27. The van der Waals surface area contributed by atoms with Crippen LogP contribution in [0.25, 0.3) is 0 Å². The van der Waals surface area contributed by atoms with Crippen molar-refractivity contribution in [3.8, 4) is 0 Å². The van der Waals surface area contributed by atoms with Gasteiger partial charge in [-0.25, -0.2) is 13.8 Å². The number of benzene rings is 2. The Morgan fingerprint density at radius 1 is 1.11 bits per heavy atom. The third kappa shape index (κ3) is 3.26. The Balaban J connectivity index is 1.54. The molecule has 0 fully saturated rings. The average molecular weight is 365 g/mol. The second-order valence-electron chi connectivity index (χ2n) is 6.54. The van der Waals surface area contributed by atoms with Crippen molar-refractivity contribution >= 4 is 23.0 Å². The molecule has 0 spiro atoms. The normalized spacial score (nSPS) is 15.5. The van der Waals surface area contributed by atoms with Crippen molar-refractivity contribution in [1.82, 2.24) is 4.98 Å². The molecule has 0 bridgehead atoms. The number of carbonyl (C=O) groups excluding carboxylic acids is 1. The van der Waals surface area contributed by atoms with Gasteiger partial charge in [0.1, 0.15) is 5.69 Å². The van der Waals surface area contributed by atoms with Crippen LogP contribution in [0, 0.1) is 11.6 Å². The first-order chi connectivity index (χ1) is 13.0. The second kappa shape index (κ2) is 6.79. The number of fused-ring (bicyclic) bond motifs is 1. The highest BCUT2D eigenvalue weighted by Crippen LogP contribution is 2.37. The molecule has 136 valence electrons. The number of anilines is 3. The van der Waals surface area contributed by atoms with E-state index in [0.29, 0.717) is 6.04 Å². The molecule has 2 aromatic carbocycles. The van der Waals surface area contributed by atoms with Gasteiger partial charge >= 0.3 is 0 Å². The summed E-state index contributed by atoms with van der Waals surface area (Å²) in [5.74, 6) is -2.46. The van der Waals surface area contributed by atoms with Crippen molar-refractivity contribution in [3.63, 3.8) is 0 Å². The Morgan fingerprint density at radius 3 is 2.67 bits per heavy atom. The van der Waals surface area contributed by atoms with Gasteiger partial charge in [0.15, 0.2) is 11.6 Å². The van der Waals surface area contributed by atoms with Gasteiger partial charge in [-0.05, 0) is 49.2 Å². The number of pyridine rings is 1. The van der Waals surface area contributed by atoms with Crippen LogP contribution < -0.4 is 10.2 Å². The Hall–Kier alpha value is -3.28. The summed E-state index contributed by atoms with van der Waals surface area (Å²) in [4.78, 5) is 18.7. The molecular weight excluding hydrogens is 348 g/mol. The molecule has 2 heterocycles. The maximum atomic E-state index is 13.3. The predicted octanol–water partition coefficient (Wildman–Crippen LogP) is 4.69. The number of hydrogen-bond acceptors (Lipinski definition) is 3. The summed E-state index contributed by atoms with van der Waals surface area (Å²) in [7, 11) is 0. The zero-order valence-electron chi connectivity index (χ0n) is 14.6. The van der Waals surface area contributed by atoms with Gasteiger partial charge in [-0.3, -0.25) is 4.79 Å². The molecule has 1 N–H and O–H groups in total. The van der Waals surface area contributed by atoms with Crippen molar-refractivity contribution in [2.45, 2.75) is 19.4 Å². The molecule has 27 heavy (non-hydrogen) atoms. The van der Waals surface area contributed by atoms with Crippen LogP contribution in [-0.2, 0) is 6.42 Å². The van der Waals surface area contributed by atoms with E-state index in [-0.39, 0.29) is 11.4 Å². The molecule has 4 rings (SSSR count). The summed E-state index contributed by atoms with van der Waals surface area (Å²) >= 11 is 0. The molecule has 1 aliphatic rings. The Kier molecular flexibility index (Phi) is 4.32. The summed E-state index contributed by atoms with van der Waals surface area (Å²) in [6, 6.07) is 15.2. The van der Waals surface area contributed by atoms with Crippen molar-refractivity contribution in [2.75, 3.05) is 10.2 Å². The first kappa shape index (κ1) is 17.1. The van der Waals surface area contributed by atoms with Gasteiger partial charge in [0.05, 0.1) is 11.9 Å². The summed E-state index contributed by atoms with van der Waals surface area (Å²) in [5.41, 5.74) is 3.70. The third-order valence-corrected chi connectivity index (χ3v) is 4.64. The first-order valence-corrected chi connectivity index (χ1v) is 8.62. The third-order valence-electron chi connectivity index (χ3n) is 4.64. The predicted molar refractivity (Wildman–Crippen MR) is 100 cm³/mol. The van der Waals surface area contributed by atoms with Crippen LogP contribution in [0.4, 0.5) is 25.8 Å². The van der Waals surface area contributed by atoms with E-state index in [4.69, 9.17) is 0 Å². The van der Waals surface area contributed by atoms with E-state index < -0.39 is 17.5 Å². The Bertz CT molecular complexity index is 1000. The van der Waals surface area contributed by atoms with E-state index in [9.17, 15) is 13.6 Å². The number of aromatic nitrogens is 1. The molecule has 3 aromatic rings. The van der Waals surface area contributed by atoms with Crippen LogP contribution >= 0.6 is 0 Å². The van der Waals surface area contributed by atoms with Crippen LogP contribution in [0.3, 0.4) is 0 Å². The quantitative estimate of drug-likeness (QED) is 0.732. The minimum absolute atomic E-state index is 0.173. The van der Waals surface area contributed by atoms with Crippen LogP contribution in [0.1, 0.15) is 23.0 Å². The molecule has 1 unspecified atom stereocenters. The molecular formula is C21H17F2N3O. The lowest BCUT2D eigenvalue weighted by Crippen LogP contribution is -2.24. The molecule has 0 saturated heterocycles. The van der Waals surface area contributed by atoms with E-state index in [1.807, 2.05) is 18.2 Å². The number of para-hydroxylation sites is 1. The van der Waals surface area contributed by atoms with E-state index in [1.165, 1.54) is 11.6 Å². The van der Waals surface area contributed by atoms with Crippen molar-refractivity contribution in [2.24, 2.45) is 0 Å². The molecule has 1 atom stereocenters. The van der Waals surface area contributed by atoms with Crippen molar-refractivity contribution in [1.29, 1.82) is 0 Å². The van der Waals surface area contributed by atoms with Gasteiger partial charge < -0.3 is 10.2 Å². The Labute approximate surface area is 155 Å². The molecule has 1 aromatic heterocycles. The van der Waals surface area contributed by atoms with Gasteiger partial charge in [0, 0.05) is 23.5 Å². The lowest BCUT2D eigenvalue weighted by Gasteiger charge is -2.24. The van der Waals surface area contributed by atoms with Gasteiger partial charge in [-0.2, -0.15) is 0 Å². The number of hydrogen-bond donors (Lipinski definition) is 1. The second-order valence-corrected chi connectivity index (χ2v) is 6.54. The first-order valence-electron chi connectivity index (χ1n) is 8.62. The fourth-order valence-corrected chi connectivity index (χ4v) is 3.39. The van der Waals surface area contributed by atoms with Crippen LogP contribution in [0.2, 0.25) is 0 Å². The maximum Gasteiger partial charge on any atom is 0.274 e. The highest BCUT2D eigenvalue weighted by atomic mass is 19.2. The molecule has 0 aliphatic carbocycles. The molecule has 1 amide bonds. The summed E-state index contributed by atoms with van der Waals surface area (Å²) in [6.45, 7) is 2.14. The molecule has 0 saturated carbocycles. The maximum absolute atomic E-state index is 13.3. The number of halogens is 2. The SMILES string of the molecule is CC1Cc2ccccc2N1c1ccc(C(=O)Nc2ccc(F)c(F)c2)nc1. The number of carbonyl (C=O) groups is 1. The fraction of sp³-hybridized carbons (Fsp3) is 0.143. The topological polar surface area (TPSA) is 45.2 Å². The smallest absolute Gasteiger partial charge is 0.274 e. The van der Waals surface area contributed by atoms with E-state index in [2.05, 4.69) is 34.3 Å². The zero-order valence-corrected chi connectivity index (χ0v) is 14.6. The largest absolute Gasteiger partial charge is 0.337 e. The van der Waals surface area contributed by atoms with Crippen molar-refractivity contribution < 1.29 is 13.6 Å². The molecule has 4 nitrogen and oxygen atoms in total. The number of nitrogens with one attached hydrogen (secondary N) is 1. The average Bonchev–Trinajstić information content (AvgIpc) is 3.00. The molecule has 0 radical (unpaired) electrons. The van der Waals surface area contributed by atoms with E-state index in [1.54, 1.807) is 12.3 Å². The summed E-state index contributed by atoms with van der Waals surface area (Å²) < 4.78 is 26.3.